The summed E-state index contributed by atoms with van der Waals surface area (Å²) in [6.45, 7) is 0.134. The number of aromatic nitrogens is 1. The standard InChI is InChI=1S/C20H15NO5/c1-26-17-4-2-3-12-7-14(20(24)25)10-21-15-9-13(19(22)23)6-5-11(15)8-16(21)18(12)17/h2-9H,10H2,1H3,(H,22,23)(H,24,25). The SMILES string of the molecule is COc1cccc2c1-c1cc3ccc(C(=O)O)cc3n1CC(C(=O)O)=C2. The zero-order valence-corrected chi connectivity index (χ0v) is 13.9. The molecule has 0 saturated heterocycles. The van der Waals surface area contributed by atoms with Crippen LogP contribution in [0.4, 0.5) is 0 Å². The summed E-state index contributed by atoms with van der Waals surface area (Å²) in [6, 6.07) is 12.3. The molecular weight excluding hydrogens is 334 g/mol. The lowest BCUT2D eigenvalue weighted by Crippen LogP contribution is -2.09. The van der Waals surface area contributed by atoms with E-state index in [2.05, 4.69) is 0 Å². The first kappa shape index (κ1) is 16.0. The molecule has 1 aliphatic heterocycles. The van der Waals surface area contributed by atoms with E-state index in [1.54, 1.807) is 31.4 Å². The minimum atomic E-state index is -1.02. The Balaban J connectivity index is 2.10. The summed E-state index contributed by atoms with van der Waals surface area (Å²) in [6.07, 6.45) is 1.64. The van der Waals surface area contributed by atoms with Crippen LogP contribution in [-0.2, 0) is 11.3 Å². The second-order valence-electron chi connectivity index (χ2n) is 6.09. The summed E-state index contributed by atoms with van der Waals surface area (Å²) >= 11 is 0. The summed E-state index contributed by atoms with van der Waals surface area (Å²) in [4.78, 5) is 23.0. The Labute approximate surface area is 148 Å². The van der Waals surface area contributed by atoms with Crippen molar-refractivity contribution in [2.45, 2.75) is 6.54 Å². The van der Waals surface area contributed by atoms with Crippen LogP contribution >= 0.6 is 0 Å². The molecule has 0 amide bonds. The molecular formula is C20H15NO5. The Morgan fingerprint density at radius 3 is 2.58 bits per heavy atom. The molecule has 2 heterocycles. The quantitative estimate of drug-likeness (QED) is 0.755. The Hall–Kier alpha value is -3.54. The third kappa shape index (κ3) is 2.35. The Bertz CT molecular complexity index is 1110. The Kier molecular flexibility index (Phi) is 3.54. The number of hydrogen-bond acceptors (Lipinski definition) is 3. The molecule has 0 atom stereocenters. The van der Waals surface area contributed by atoms with Crippen molar-refractivity contribution in [1.29, 1.82) is 0 Å². The van der Waals surface area contributed by atoms with Crippen molar-refractivity contribution in [2.24, 2.45) is 0 Å². The van der Waals surface area contributed by atoms with E-state index in [4.69, 9.17) is 4.74 Å². The van der Waals surface area contributed by atoms with Crippen molar-refractivity contribution in [1.82, 2.24) is 4.57 Å². The monoisotopic (exact) mass is 349 g/mol. The molecule has 4 rings (SSSR count). The molecule has 26 heavy (non-hydrogen) atoms. The molecule has 3 aromatic rings. The average molecular weight is 349 g/mol. The summed E-state index contributed by atoms with van der Waals surface area (Å²) in [5.74, 6) is -1.40. The van der Waals surface area contributed by atoms with E-state index < -0.39 is 11.9 Å². The van der Waals surface area contributed by atoms with Crippen LogP contribution in [0.25, 0.3) is 28.2 Å². The van der Waals surface area contributed by atoms with E-state index >= 15 is 0 Å². The molecule has 0 fully saturated rings. The van der Waals surface area contributed by atoms with E-state index in [9.17, 15) is 19.8 Å². The normalized spacial score (nSPS) is 12.7. The van der Waals surface area contributed by atoms with Gasteiger partial charge in [-0.2, -0.15) is 0 Å². The second-order valence-corrected chi connectivity index (χ2v) is 6.09. The first-order valence-electron chi connectivity index (χ1n) is 7.97. The van der Waals surface area contributed by atoms with Gasteiger partial charge in [0, 0.05) is 16.5 Å². The number of ether oxygens (including phenoxy) is 1. The number of methoxy groups -OCH3 is 1. The maximum Gasteiger partial charge on any atom is 0.335 e. The molecule has 0 radical (unpaired) electrons. The molecule has 1 aromatic heterocycles. The van der Waals surface area contributed by atoms with Crippen LogP contribution in [0.3, 0.4) is 0 Å². The van der Waals surface area contributed by atoms with Crippen LogP contribution in [0.2, 0.25) is 0 Å². The second kappa shape index (κ2) is 5.77. The third-order valence-corrected chi connectivity index (χ3v) is 4.62. The number of fused-ring (bicyclic) bond motifs is 5. The first-order valence-corrected chi connectivity index (χ1v) is 7.97. The molecule has 1 aliphatic rings. The van der Waals surface area contributed by atoms with Gasteiger partial charge in [0.05, 0.1) is 30.5 Å². The molecule has 6 heteroatoms. The molecule has 0 unspecified atom stereocenters. The zero-order chi connectivity index (χ0) is 18.4. The van der Waals surface area contributed by atoms with Crippen molar-refractivity contribution in [2.75, 3.05) is 7.11 Å². The highest BCUT2D eigenvalue weighted by atomic mass is 16.5. The number of nitrogens with zero attached hydrogens (tertiary/aromatic N) is 1. The van der Waals surface area contributed by atoms with Gasteiger partial charge >= 0.3 is 11.9 Å². The van der Waals surface area contributed by atoms with Gasteiger partial charge in [0.1, 0.15) is 5.75 Å². The lowest BCUT2D eigenvalue weighted by atomic mass is 10.0. The van der Waals surface area contributed by atoms with E-state index in [-0.39, 0.29) is 17.7 Å². The lowest BCUT2D eigenvalue weighted by Gasteiger charge is -2.12. The third-order valence-electron chi connectivity index (χ3n) is 4.62. The van der Waals surface area contributed by atoms with E-state index in [0.29, 0.717) is 11.3 Å². The Morgan fingerprint density at radius 1 is 1.08 bits per heavy atom. The minimum absolute atomic E-state index is 0.134. The first-order chi connectivity index (χ1) is 12.5. The summed E-state index contributed by atoms with van der Waals surface area (Å²) in [5.41, 5.74) is 3.38. The van der Waals surface area contributed by atoms with Crippen LogP contribution in [0, 0.1) is 0 Å². The molecule has 130 valence electrons. The number of rotatable bonds is 3. The molecule has 2 aromatic carbocycles. The summed E-state index contributed by atoms with van der Waals surface area (Å²) in [5, 5.41) is 19.7. The van der Waals surface area contributed by atoms with Crippen molar-refractivity contribution < 1.29 is 24.5 Å². The van der Waals surface area contributed by atoms with Crippen LogP contribution in [0.5, 0.6) is 5.75 Å². The van der Waals surface area contributed by atoms with E-state index in [0.717, 1.165) is 22.2 Å². The maximum absolute atomic E-state index is 11.7. The predicted octanol–water partition coefficient (Wildman–Crippen LogP) is 3.50. The van der Waals surface area contributed by atoms with Crippen LogP contribution in [0.15, 0.2) is 48.0 Å². The maximum atomic E-state index is 11.7. The smallest absolute Gasteiger partial charge is 0.335 e. The molecule has 6 nitrogen and oxygen atoms in total. The van der Waals surface area contributed by atoms with Gasteiger partial charge in [-0.15, -0.1) is 0 Å². The van der Waals surface area contributed by atoms with Crippen molar-refractivity contribution in [3.63, 3.8) is 0 Å². The lowest BCUT2D eigenvalue weighted by molar-refractivity contribution is -0.132. The number of carboxylic acids is 2. The van der Waals surface area contributed by atoms with Gasteiger partial charge in [0.25, 0.3) is 0 Å². The van der Waals surface area contributed by atoms with Gasteiger partial charge in [-0.1, -0.05) is 18.2 Å². The number of aliphatic carboxylic acids is 1. The highest BCUT2D eigenvalue weighted by molar-refractivity contribution is 6.00. The van der Waals surface area contributed by atoms with Crippen molar-refractivity contribution in [3.8, 4) is 17.0 Å². The average Bonchev–Trinajstić information content (AvgIpc) is 2.88. The Morgan fingerprint density at radius 2 is 1.88 bits per heavy atom. The topological polar surface area (TPSA) is 88.8 Å². The molecule has 0 bridgehead atoms. The molecule has 0 saturated carbocycles. The predicted molar refractivity (Wildman–Crippen MR) is 96.5 cm³/mol. The van der Waals surface area contributed by atoms with Gasteiger partial charge in [-0.05, 0) is 35.9 Å². The van der Waals surface area contributed by atoms with Crippen LogP contribution in [-0.4, -0.2) is 33.8 Å². The number of carboxylic acid groups (broad SMARTS) is 2. The highest BCUT2D eigenvalue weighted by Crippen LogP contribution is 2.40. The number of aromatic carboxylic acids is 1. The molecule has 0 aliphatic carbocycles. The van der Waals surface area contributed by atoms with Gasteiger partial charge in [-0.25, -0.2) is 9.59 Å². The van der Waals surface area contributed by atoms with E-state index in [1.807, 2.05) is 28.8 Å². The van der Waals surface area contributed by atoms with Crippen LogP contribution < -0.4 is 4.74 Å². The highest BCUT2D eigenvalue weighted by Gasteiger charge is 2.23. The van der Waals surface area contributed by atoms with Gasteiger partial charge in [-0.3, -0.25) is 0 Å². The van der Waals surface area contributed by atoms with Gasteiger partial charge in [0.15, 0.2) is 0 Å². The fraction of sp³-hybridized carbons (Fsp3) is 0.100. The number of carbonyl (C=O) groups is 2. The van der Waals surface area contributed by atoms with Crippen LogP contribution in [0.1, 0.15) is 15.9 Å². The van der Waals surface area contributed by atoms with Crippen molar-refractivity contribution >= 4 is 28.9 Å². The fourth-order valence-electron chi connectivity index (χ4n) is 3.41. The number of benzene rings is 2. The van der Waals surface area contributed by atoms with E-state index in [1.165, 1.54) is 0 Å². The minimum Gasteiger partial charge on any atom is -0.496 e. The molecule has 2 N–H and O–H groups in total. The summed E-state index contributed by atoms with van der Waals surface area (Å²) in [7, 11) is 1.57. The fourth-order valence-corrected chi connectivity index (χ4v) is 3.41. The number of hydrogen-bond donors (Lipinski definition) is 2. The van der Waals surface area contributed by atoms with Crippen molar-refractivity contribution in [3.05, 3.63) is 59.2 Å². The zero-order valence-electron chi connectivity index (χ0n) is 13.9. The van der Waals surface area contributed by atoms with Gasteiger partial charge in [0.2, 0.25) is 0 Å². The molecule has 0 spiro atoms. The summed E-state index contributed by atoms with van der Waals surface area (Å²) < 4.78 is 7.32. The largest absolute Gasteiger partial charge is 0.496 e. The van der Waals surface area contributed by atoms with Gasteiger partial charge < -0.3 is 19.5 Å².